The molecule has 2 saturated heterocycles. The zero-order valence-electron chi connectivity index (χ0n) is 20.3. The maximum absolute atomic E-state index is 13.4. The molecule has 188 valence electrons. The minimum atomic E-state index is -3.81. The van der Waals surface area contributed by atoms with Gasteiger partial charge in [-0.3, -0.25) is 9.59 Å². The molecule has 5 rings (SSSR count). The molecule has 2 N–H and O–H groups in total. The summed E-state index contributed by atoms with van der Waals surface area (Å²) in [4.78, 5) is 30.1. The highest BCUT2D eigenvalue weighted by Gasteiger charge is 2.43. The van der Waals surface area contributed by atoms with E-state index in [9.17, 15) is 18.0 Å². The largest absolute Gasteiger partial charge is 0.490 e. The predicted octanol–water partition coefficient (Wildman–Crippen LogP) is 3.12. The van der Waals surface area contributed by atoms with Gasteiger partial charge >= 0.3 is 0 Å². The van der Waals surface area contributed by atoms with Gasteiger partial charge in [0.2, 0.25) is 10.0 Å². The van der Waals surface area contributed by atoms with Gasteiger partial charge in [0.15, 0.2) is 0 Å². The van der Waals surface area contributed by atoms with Crippen LogP contribution in [0.5, 0.6) is 5.75 Å². The molecule has 2 aliphatic rings. The van der Waals surface area contributed by atoms with Crippen LogP contribution in [0.15, 0.2) is 65.6 Å². The van der Waals surface area contributed by atoms with E-state index >= 15 is 0 Å². The lowest BCUT2D eigenvalue weighted by atomic mass is 10.0. The molecule has 3 aromatic carbocycles. The molecule has 2 unspecified atom stereocenters. The van der Waals surface area contributed by atoms with Gasteiger partial charge in [0.1, 0.15) is 5.75 Å². The minimum absolute atomic E-state index is 0.00988. The fraction of sp³-hybridized carbons (Fsp3) is 0.333. The first-order chi connectivity index (χ1) is 17.1. The lowest BCUT2D eigenvalue weighted by Gasteiger charge is -2.23. The summed E-state index contributed by atoms with van der Waals surface area (Å²) in [5, 5.41) is 7.08. The van der Waals surface area contributed by atoms with Crippen LogP contribution in [-0.2, 0) is 10.0 Å². The van der Waals surface area contributed by atoms with Gasteiger partial charge in [0.25, 0.3) is 11.8 Å². The number of rotatable bonds is 5. The molecular formula is C27H29N3O5S. The number of hydrogen-bond donors (Lipinski definition) is 1. The summed E-state index contributed by atoms with van der Waals surface area (Å²) in [7, 11) is -3.81. The van der Waals surface area contributed by atoms with Crippen LogP contribution in [0.3, 0.4) is 0 Å². The van der Waals surface area contributed by atoms with Crippen LogP contribution in [0.4, 0.5) is 0 Å². The van der Waals surface area contributed by atoms with Crippen molar-refractivity contribution in [3.05, 3.63) is 71.8 Å². The van der Waals surface area contributed by atoms with E-state index in [0.29, 0.717) is 43.1 Å². The van der Waals surface area contributed by atoms with Crippen LogP contribution >= 0.6 is 0 Å². The zero-order chi connectivity index (χ0) is 25.6. The van der Waals surface area contributed by atoms with Crippen LogP contribution < -0.4 is 9.88 Å². The third-order valence-electron chi connectivity index (χ3n) is 6.92. The maximum atomic E-state index is 13.4. The van der Waals surface area contributed by atoms with E-state index in [1.54, 1.807) is 4.90 Å². The molecule has 0 aliphatic carbocycles. The molecule has 8 nitrogen and oxygen atoms in total. The van der Waals surface area contributed by atoms with Crippen molar-refractivity contribution in [2.75, 3.05) is 26.2 Å². The molecule has 2 aliphatic heterocycles. The molecular weight excluding hydrogens is 478 g/mol. The molecule has 2 heterocycles. The monoisotopic (exact) mass is 507 g/mol. The topological polar surface area (TPSA) is 110 Å². The van der Waals surface area contributed by atoms with E-state index in [0.717, 1.165) is 10.8 Å². The Bertz CT molecular complexity index is 1420. The van der Waals surface area contributed by atoms with Gasteiger partial charge in [-0.1, -0.05) is 24.3 Å². The number of likely N-dealkylation sites (tertiary alicyclic amines) is 2. The summed E-state index contributed by atoms with van der Waals surface area (Å²) >= 11 is 0. The lowest BCUT2D eigenvalue weighted by molar-refractivity contribution is 0.0738. The number of fused-ring (bicyclic) bond motifs is 2. The van der Waals surface area contributed by atoms with E-state index in [1.807, 2.05) is 55.1 Å². The van der Waals surface area contributed by atoms with Gasteiger partial charge in [0.05, 0.1) is 11.0 Å². The first kappa shape index (κ1) is 24.3. The second kappa shape index (κ2) is 9.22. The van der Waals surface area contributed by atoms with Crippen molar-refractivity contribution in [2.45, 2.75) is 24.8 Å². The molecule has 0 radical (unpaired) electrons. The number of ether oxygens (including phenoxy) is 1. The van der Waals surface area contributed by atoms with Gasteiger partial charge in [-0.25, -0.2) is 13.6 Å². The number of nitrogens with zero attached hydrogens (tertiary/aromatic N) is 2. The molecule has 36 heavy (non-hydrogen) atoms. The first-order valence-electron chi connectivity index (χ1n) is 12.0. The summed E-state index contributed by atoms with van der Waals surface area (Å²) < 4.78 is 28.9. The van der Waals surface area contributed by atoms with Crippen molar-refractivity contribution in [2.24, 2.45) is 17.0 Å². The fourth-order valence-electron chi connectivity index (χ4n) is 5.23. The van der Waals surface area contributed by atoms with E-state index < -0.39 is 10.0 Å². The highest BCUT2D eigenvalue weighted by atomic mass is 32.2. The highest BCUT2D eigenvalue weighted by molar-refractivity contribution is 7.89. The van der Waals surface area contributed by atoms with Crippen LogP contribution in [0.2, 0.25) is 0 Å². The third-order valence-corrected chi connectivity index (χ3v) is 7.85. The lowest BCUT2D eigenvalue weighted by Crippen LogP contribution is -2.35. The summed E-state index contributed by atoms with van der Waals surface area (Å²) in [6, 6.07) is 17.3. The molecule has 2 fully saturated rings. The standard InChI is InChI=1S/C27H29N3O5S/c1-17(2)35-25-12-20(11-19-5-3-4-6-24(19)25)27(32)30-15-21-13-29(14-22(21)16-30)26(31)18-7-9-23(10-8-18)36(28,33)34/h3-12,17,21-22H,13-16H2,1-2H3,(H2,28,33,34). The second-order valence-electron chi connectivity index (χ2n) is 9.87. The molecule has 0 bridgehead atoms. The van der Waals surface area contributed by atoms with E-state index in [-0.39, 0.29) is 34.6 Å². The van der Waals surface area contributed by atoms with Crippen molar-refractivity contribution in [3.8, 4) is 5.75 Å². The van der Waals surface area contributed by atoms with Crippen LogP contribution in [0.25, 0.3) is 10.8 Å². The number of primary sulfonamides is 1. The van der Waals surface area contributed by atoms with Crippen molar-refractivity contribution in [1.82, 2.24) is 9.80 Å². The molecule has 0 saturated carbocycles. The Morgan fingerprint density at radius 2 is 1.42 bits per heavy atom. The maximum Gasteiger partial charge on any atom is 0.254 e. The summed E-state index contributed by atoms with van der Waals surface area (Å²) in [5.41, 5.74) is 1.02. The van der Waals surface area contributed by atoms with Crippen molar-refractivity contribution in [1.29, 1.82) is 0 Å². The number of hydrogen-bond acceptors (Lipinski definition) is 5. The SMILES string of the molecule is CC(C)Oc1cc(C(=O)N2CC3CN(C(=O)c4ccc(S(N)(=O)=O)cc4)CC3C2)cc2ccccc12. The zero-order valence-corrected chi connectivity index (χ0v) is 21.1. The molecule has 0 spiro atoms. The average Bonchev–Trinajstić information content (AvgIpc) is 3.42. The Morgan fingerprint density at radius 3 is 1.97 bits per heavy atom. The number of carbonyl (C=O) groups excluding carboxylic acids is 2. The normalized spacial score (nSPS) is 19.7. The molecule has 3 aromatic rings. The van der Waals surface area contributed by atoms with E-state index in [4.69, 9.17) is 9.88 Å². The fourth-order valence-corrected chi connectivity index (χ4v) is 5.74. The molecule has 0 aromatic heterocycles. The van der Waals surface area contributed by atoms with Crippen LogP contribution in [-0.4, -0.2) is 62.3 Å². The number of carbonyl (C=O) groups is 2. The summed E-state index contributed by atoms with van der Waals surface area (Å²) in [6.07, 6.45) is -0.00988. The average molecular weight is 508 g/mol. The van der Waals surface area contributed by atoms with Gasteiger partial charge < -0.3 is 14.5 Å². The number of sulfonamides is 1. The predicted molar refractivity (Wildman–Crippen MR) is 136 cm³/mol. The Balaban J connectivity index is 1.28. The Labute approximate surface area is 210 Å². The van der Waals surface area contributed by atoms with Crippen molar-refractivity contribution < 1.29 is 22.7 Å². The Kier molecular flexibility index (Phi) is 6.22. The molecule has 2 amide bonds. The van der Waals surface area contributed by atoms with E-state index in [1.165, 1.54) is 24.3 Å². The number of amides is 2. The van der Waals surface area contributed by atoms with Crippen molar-refractivity contribution in [3.63, 3.8) is 0 Å². The number of benzene rings is 3. The van der Waals surface area contributed by atoms with Crippen molar-refractivity contribution >= 4 is 32.6 Å². The van der Waals surface area contributed by atoms with E-state index in [2.05, 4.69) is 0 Å². The van der Waals surface area contributed by atoms with Gasteiger partial charge in [0, 0.05) is 54.5 Å². The molecule has 2 atom stereocenters. The quantitative estimate of drug-likeness (QED) is 0.571. The highest BCUT2D eigenvalue weighted by Crippen LogP contribution is 2.34. The number of nitrogens with two attached hydrogens (primary N) is 1. The van der Waals surface area contributed by atoms with Crippen LogP contribution in [0, 0.1) is 11.8 Å². The van der Waals surface area contributed by atoms with Crippen LogP contribution in [0.1, 0.15) is 34.6 Å². The first-order valence-corrected chi connectivity index (χ1v) is 13.6. The summed E-state index contributed by atoms with van der Waals surface area (Å²) in [6.45, 7) is 6.22. The van der Waals surface area contributed by atoms with Gasteiger partial charge in [-0.2, -0.15) is 0 Å². The second-order valence-corrected chi connectivity index (χ2v) is 11.4. The van der Waals surface area contributed by atoms with Gasteiger partial charge in [-0.15, -0.1) is 0 Å². The Morgan fingerprint density at radius 1 is 0.861 bits per heavy atom. The van der Waals surface area contributed by atoms with Gasteiger partial charge in [-0.05, 0) is 55.6 Å². The minimum Gasteiger partial charge on any atom is -0.490 e. The summed E-state index contributed by atoms with van der Waals surface area (Å²) in [5.74, 6) is 0.936. The molecule has 9 heteroatoms. The Hall–Kier alpha value is -3.43. The smallest absolute Gasteiger partial charge is 0.254 e. The third kappa shape index (κ3) is 4.68.